The molecule has 5 heteroatoms. The van der Waals surface area contributed by atoms with Crippen LogP contribution in [0.3, 0.4) is 0 Å². The SMILES string of the molecule is COCc1nc(-c2ccc(CC(C)C)cc2)nc(N)c1I. The Morgan fingerprint density at radius 2 is 1.86 bits per heavy atom. The van der Waals surface area contributed by atoms with Gasteiger partial charge in [-0.3, -0.25) is 0 Å². The maximum absolute atomic E-state index is 5.97. The third-order valence-electron chi connectivity index (χ3n) is 3.08. The van der Waals surface area contributed by atoms with E-state index in [1.165, 1.54) is 5.56 Å². The van der Waals surface area contributed by atoms with E-state index in [-0.39, 0.29) is 0 Å². The number of rotatable bonds is 5. The Hall–Kier alpha value is -1.21. The predicted molar refractivity (Wildman–Crippen MR) is 93.9 cm³/mol. The molecule has 1 aromatic heterocycles. The van der Waals surface area contributed by atoms with Gasteiger partial charge in [-0.1, -0.05) is 38.1 Å². The Balaban J connectivity index is 2.33. The smallest absolute Gasteiger partial charge is 0.161 e. The van der Waals surface area contributed by atoms with Gasteiger partial charge < -0.3 is 10.5 Å². The Kier molecular flexibility index (Phi) is 5.52. The lowest BCUT2D eigenvalue weighted by Crippen LogP contribution is -2.06. The summed E-state index contributed by atoms with van der Waals surface area (Å²) in [5, 5.41) is 0. The third kappa shape index (κ3) is 4.14. The molecule has 2 aromatic rings. The topological polar surface area (TPSA) is 61.0 Å². The highest BCUT2D eigenvalue weighted by Gasteiger charge is 2.11. The summed E-state index contributed by atoms with van der Waals surface area (Å²) in [5.41, 5.74) is 9.09. The molecular weight excluding hydrogens is 377 g/mol. The number of halogens is 1. The second kappa shape index (κ2) is 7.17. The maximum atomic E-state index is 5.97. The van der Waals surface area contributed by atoms with Crippen molar-refractivity contribution < 1.29 is 4.74 Å². The summed E-state index contributed by atoms with van der Waals surface area (Å²) in [6, 6.07) is 8.36. The lowest BCUT2D eigenvalue weighted by molar-refractivity contribution is 0.181. The average Bonchev–Trinajstić information content (AvgIpc) is 2.44. The molecule has 21 heavy (non-hydrogen) atoms. The molecule has 0 fully saturated rings. The summed E-state index contributed by atoms with van der Waals surface area (Å²) in [4.78, 5) is 8.94. The Morgan fingerprint density at radius 3 is 2.43 bits per heavy atom. The second-order valence-corrected chi connectivity index (χ2v) is 6.50. The molecule has 1 aromatic carbocycles. The van der Waals surface area contributed by atoms with E-state index in [9.17, 15) is 0 Å². The number of nitrogen functional groups attached to an aromatic ring is 1. The Morgan fingerprint density at radius 1 is 1.19 bits per heavy atom. The second-order valence-electron chi connectivity index (χ2n) is 5.42. The highest BCUT2D eigenvalue weighted by atomic mass is 127. The standard InChI is InChI=1S/C16H20IN3O/c1-10(2)8-11-4-6-12(7-5-11)16-19-13(9-21-3)14(17)15(18)20-16/h4-7,10H,8-9H2,1-3H3,(H2,18,19,20). The van der Waals surface area contributed by atoms with Crippen LogP contribution in [0.5, 0.6) is 0 Å². The first kappa shape index (κ1) is 16.2. The zero-order valence-electron chi connectivity index (χ0n) is 12.6. The lowest BCUT2D eigenvalue weighted by Gasteiger charge is -2.09. The summed E-state index contributed by atoms with van der Waals surface area (Å²) in [7, 11) is 1.65. The van der Waals surface area contributed by atoms with Gasteiger partial charge in [-0.2, -0.15) is 0 Å². The van der Waals surface area contributed by atoms with Crippen LogP contribution in [0, 0.1) is 9.49 Å². The van der Waals surface area contributed by atoms with E-state index in [0.717, 1.165) is 21.2 Å². The van der Waals surface area contributed by atoms with E-state index < -0.39 is 0 Å². The van der Waals surface area contributed by atoms with E-state index >= 15 is 0 Å². The quantitative estimate of drug-likeness (QED) is 0.783. The number of ether oxygens (including phenoxy) is 1. The summed E-state index contributed by atoms with van der Waals surface area (Å²) < 4.78 is 6.02. The van der Waals surface area contributed by atoms with Crippen LogP contribution in [0.4, 0.5) is 5.82 Å². The minimum Gasteiger partial charge on any atom is -0.383 e. The molecule has 2 rings (SSSR count). The fourth-order valence-electron chi connectivity index (χ4n) is 2.14. The molecule has 0 amide bonds. The molecule has 0 aliphatic carbocycles. The predicted octanol–water partition coefficient (Wildman–Crippen LogP) is 3.68. The minimum atomic E-state index is 0.434. The van der Waals surface area contributed by atoms with Crippen molar-refractivity contribution in [3.05, 3.63) is 39.1 Å². The zero-order chi connectivity index (χ0) is 15.4. The highest BCUT2D eigenvalue weighted by Crippen LogP contribution is 2.23. The van der Waals surface area contributed by atoms with Gasteiger partial charge in [0.05, 0.1) is 15.9 Å². The van der Waals surface area contributed by atoms with E-state index in [4.69, 9.17) is 10.5 Å². The fourth-order valence-corrected chi connectivity index (χ4v) is 2.53. The van der Waals surface area contributed by atoms with Crippen molar-refractivity contribution in [3.8, 4) is 11.4 Å². The average molecular weight is 397 g/mol. The fraction of sp³-hybridized carbons (Fsp3) is 0.375. The van der Waals surface area contributed by atoms with Gasteiger partial charge in [-0.15, -0.1) is 0 Å². The van der Waals surface area contributed by atoms with Gasteiger partial charge in [0.1, 0.15) is 5.82 Å². The summed E-state index contributed by atoms with van der Waals surface area (Å²) in [5.74, 6) is 1.80. The highest BCUT2D eigenvalue weighted by molar-refractivity contribution is 14.1. The van der Waals surface area contributed by atoms with Gasteiger partial charge >= 0.3 is 0 Å². The van der Waals surface area contributed by atoms with Gasteiger partial charge in [0, 0.05) is 12.7 Å². The van der Waals surface area contributed by atoms with Crippen LogP contribution < -0.4 is 5.73 Å². The van der Waals surface area contributed by atoms with Crippen LogP contribution >= 0.6 is 22.6 Å². The first-order valence-electron chi connectivity index (χ1n) is 6.91. The van der Waals surface area contributed by atoms with Crippen molar-refractivity contribution in [2.24, 2.45) is 5.92 Å². The molecule has 0 saturated carbocycles. The number of anilines is 1. The summed E-state index contributed by atoms with van der Waals surface area (Å²) in [6.07, 6.45) is 1.07. The zero-order valence-corrected chi connectivity index (χ0v) is 14.7. The molecule has 0 spiro atoms. The molecular formula is C16H20IN3O. The van der Waals surface area contributed by atoms with E-state index in [1.807, 2.05) is 0 Å². The molecule has 0 atom stereocenters. The molecule has 0 radical (unpaired) electrons. The number of methoxy groups -OCH3 is 1. The molecule has 2 N–H and O–H groups in total. The van der Waals surface area contributed by atoms with Crippen molar-refractivity contribution in [1.29, 1.82) is 0 Å². The normalized spacial score (nSPS) is 11.1. The molecule has 0 aliphatic heterocycles. The van der Waals surface area contributed by atoms with Crippen LogP contribution in [0.15, 0.2) is 24.3 Å². The first-order valence-corrected chi connectivity index (χ1v) is 7.99. The number of hydrogen-bond donors (Lipinski definition) is 1. The number of nitrogens with zero attached hydrogens (tertiary/aromatic N) is 2. The Labute approximate surface area is 139 Å². The van der Waals surface area contributed by atoms with Crippen molar-refractivity contribution in [3.63, 3.8) is 0 Å². The van der Waals surface area contributed by atoms with Gasteiger partial charge in [-0.25, -0.2) is 9.97 Å². The van der Waals surface area contributed by atoms with Gasteiger partial charge in [0.2, 0.25) is 0 Å². The molecule has 1 heterocycles. The Bertz CT molecular complexity index is 612. The monoisotopic (exact) mass is 397 g/mol. The molecule has 0 unspecified atom stereocenters. The van der Waals surface area contributed by atoms with Crippen molar-refractivity contribution in [2.75, 3.05) is 12.8 Å². The van der Waals surface area contributed by atoms with Crippen LogP contribution in [0.2, 0.25) is 0 Å². The largest absolute Gasteiger partial charge is 0.383 e. The number of nitrogens with two attached hydrogens (primary N) is 1. The number of hydrogen-bond acceptors (Lipinski definition) is 4. The molecule has 0 aliphatic rings. The molecule has 0 bridgehead atoms. The first-order chi connectivity index (χ1) is 10.0. The van der Waals surface area contributed by atoms with Gasteiger partial charge in [0.25, 0.3) is 0 Å². The van der Waals surface area contributed by atoms with Gasteiger partial charge in [-0.05, 0) is 40.5 Å². The van der Waals surface area contributed by atoms with Crippen molar-refractivity contribution >= 4 is 28.4 Å². The molecule has 4 nitrogen and oxygen atoms in total. The van der Waals surface area contributed by atoms with Crippen LogP contribution in [0.25, 0.3) is 11.4 Å². The number of benzene rings is 1. The van der Waals surface area contributed by atoms with Crippen LogP contribution in [0.1, 0.15) is 25.1 Å². The molecule has 0 saturated heterocycles. The minimum absolute atomic E-state index is 0.434. The molecule has 112 valence electrons. The lowest BCUT2D eigenvalue weighted by atomic mass is 10.0. The van der Waals surface area contributed by atoms with Crippen molar-refractivity contribution in [2.45, 2.75) is 26.9 Å². The van der Waals surface area contributed by atoms with Crippen molar-refractivity contribution in [1.82, 2.24) is 9.97 Å². The van der Waals surface area contributed by atoms with E-state index in [1.54, 1.807) is 7.11 Å². The van der Waals surface area contributed by atoms with E-state index in [2.05, 4.69) is 70.7 Å². The van der Waals surface area contributed by atoms with Crippen LogP contribution in [-0.4, -0.2) is 17.1 Å². The summed E-state index contributed by atoms with van der Waals surface area (Å²) >= 11 is 2.15. The van der Waals surface area contributed by atoms with Gasteiger partial charge in [0.15, 0.2) is 5.82 Å². The van der Waals surface area contributed by atoms with E-state index in [0.29, 0.717) is 24.2 Å². The summed E-state index contributed by atoms with van der Waals surface area (Å²) in [6.45, 7) is 4.87. The third-order valence-corrected chi connectivity index (χ3v) is 4.26. The number of aromatic nitrogens is 2. The van der Waals surface area contributed by atoms with Crippen LogP contribution in [-0.2, 0) is 17.8 Å². The maximum Gasteiger partial charge on any atom is 0.161 e.